The Morgan fingerprint density at radius 2 is 2.33 bits per heavy atom. The van der Waals surface area contributed by atoms with Crippen LogP contribution in [0.4, 0.5) is 14.5 Å². The zero-order valence-electron chi connectivity index (χ0n) is 12.0. The van der Waals surface area contributed by atoms with Crippen molar-refractivity contribution in [2.24, 2.45) is 0 Å². The first-order valence-corrected chi connectivity index (χ1v) is 7.25. The van der Waals surface area contributed by atoms with Crippen molar-refractivity contribution in [3.63, 3.8) is 0 Å². The first-order valence-electron chi connectivity index (χ1n) is 7.25. The minimum Gasteiger partial charge on any atom is -0.369 e. The molecule has 0 saturated carbocycles. The summed E-state index contributed by atoms with van der Waals surface area (Å²) in [5.74, 6) is -0.163. The van der Waals surface area contributed by atoms with E-state index in [0.29, 0.717) is 5.56 Å². The Kier molecular flexibility index (Phi) is 3.80. The summed E-state index contributed by atoms with van der Waals surface area (Å²) in [5, 5.41) is 5.67. The van der Waals surface area contributed by atoms with E-state index < -0.39 is 18.9 Å². The lowest BCUT2D eigenvalue weighted by Gasteiger charge is -2.19. The quantitative estimate of drug-likeness (QED) is 0.892. The molecule has 0 radical (unpaired) electrons. The Bertz CT molecular complexity index is 562. The van der Waals surface area contributed by atoms with Crippen molar-refractivity contribution >= 4 is 11.6 Å². The topological polar surface area (TPSA) is 44.4 Å². The third-order valence-electron chi connectivity index (χ3n) is 4.14. The van der Waals surface area contributed by atoms with E-state index in [9.17, 15) is 13.6 Å². The molecule has 0 aromatic heterocycles. The summed E-state index contributed by atoms with van der Waals surface area (Å²) in [5.41, 5.74) is 3.84. The average molecular weight is 295 g/mol. The highest BCUT2D eigenvalue weighted by Gasteiger charge is 2.33. The largest absolute Gasteiger partial charge is 0.369 e. The van der Waals surface area contributed by atoms with Gasteiger partial charge in [-0.05, 0) is 17.2 Å². The van der Waals surface area contributed by atoms with Gasteiger partial charge < -0.3 is 15.5 Å². The molecule has 0 bridgehead atoms. The van der Waals surface area contributed by atoms with E-state index in [0.717, 1.165) is 37.4 Å². The molecule has 2 heterocycles. The van der Waals surface area contributed by atoms with E-state index in [4.69, 9.17) is 0 Å². The molecule has 2 aliphatic heterocycles. The third-order valence-corrected chi connectivity index (χ3v) is 4.14. The number of halogens is 2. The van der Waals surface area contributed by atoms with Crippen molar-refractivity contribution in [2.45, 2.75) is 25.8 Å². The Labute approximate surface area is 122 Å². The fourth-order valence-corrected chi connectivity index (χ4v) is 3.28. The molecular formula is C15H19F2N3O. The lowest BCUT2D eigenvalue weighted by Crippen LogP contribution is -2.29. The van der Waals surface area contributed by atoms with Gasteiger partial charge in [0.2, 0.25) is 0 Å². The smallest absolute Gasteiger partial charge is 0.255 e. The molecule has 114 valence electrons. The van der Waals surface area contributed by atoms with Gasteiger partial charge in [0, 0.05) is 43.3 Å². The standard InChI is InChI=1S/C15H19F2N3O/c1-9-8-20-5-4-18-6-10-2-3-11(13(9)14(10)20)15(21)19-7-12(16)17/h2-3,9,12,18H,4-8H2,1H3,(H,19,21)/t9-/m1/s1. The van der Waals surface area contributed by atoms with Crippen LogP contribution in [0.15, 0.2) is 12.1 Å². The molecule has 1 amide bonds. The number of amides is 1. The predicted molar refractivity (Wildman–Crippen MR) is 77.1 cm³/mol. The maximum Gasteiger partial charge on any atom is 0.255 e. The van der Waals surface area contributed by atoms with Gasteiger partial charge in [0.05, 0.1) is 6.54 Å². The van der Waals surface area contributed by atoms with Gasteiger partial charge in [-0.15, -0.1) is 0 Å². The zero-order valence-corrected chi connectivity index (χ0v) is 12.0. The maximum atomic E-state index is 12.3. The van der Waals surface area contributed by atoms with Gasteiger partial charge in [-0.2, -0.15) is 0 Å². The van der Waals surface area contributed by atoms with E-state index >= 15 is 0 Å². The summed E-state index contributed by atoms with van der Waals surface area (Å²) in [4.78, 5) is 14.5. The fourth-order valence-electron chi connectivity index (χ4n) is 3.28. The summed E-state index contributed by atoms with van der Waals surface area (Å²) in [6, 6.07) is 3.70. The summed E-state index contributed by atoms with van der Waals surface area (Å²) < 4.78 is 24.5. The van der Waals surface area contributed by atoms with Crippen LogP contribution in [0.5, 0.6) is 0 Å². The van der Waals surface area contributed by atoms with Gasteiger partial charge in [-0.25, -0.2) is 8.78 Å². The first kappa shape index (κ1) is 14.3. The maximum absolute atomic E-state index is 12.3. The van der Waals surface area contributed by atoms with E-state index in [2.05, 4.69) is 22.5 Å². The molecule has 0 aliphatic carbocycles. The molecule has 3 rings (SSSR count). The van der Waals surface area contributed by atoms with Gasteiger partial charge in [-0.3, -0.25) is 4.79 Å². The second-order valence-electron chi connectivity index (χ2n) is 5.66. The SMILES string of the molecule is C[C@@H]1CN2CCNCc3ccc(C(=O)NCC(F)F)c1c32. The lowest BCUT2D eigenvalue weighted by molar-refractivity contribution is 0.0890. The molecule has 2 aliphatic rings. The van der Waals surface area contributed by atoms with Gasteiger partial charge in [-0.1, -0.05) is 13.0 Å². The van der Waals surface area contributed by atoms with E-state index in [-0.39, 0.29) is 5.92 Å². The van der Waals surface area contributed by atoms with Crippen LogP contribution < -0.4 is 15.5 Å². The highest BCUT2D eigenvalue weighted by molar-refractivity contribution is 5.98. The number of benzene rings is 1. The number of alkyl halides is 2. The molecule has 2 N–H and O–H groups in total. The normalized spacial score (nSPS) is 20.4. The average Bonchev–Trinajstić information content (AvgIpc) is 2.66. The third kappa shape index (κ3) is 2.60. The van der Waals surface area contributed by atoms with Gasteiger partial charge >= 0.3 is 0 Å². The van der Waals surface area contributed by atoms with E-state index in [1.54, 1.807) is 6.07 Å². The second-order valence-corrected chi connectivity index (χ2v) is 5.66. The number of nitrogens with zero attached hydrogens (tertiary/aromatic N) is 1. The minimum absolute atomic E-state index is 0.241. The van der Waals surface area contributed by atoms with Gasteiger partial charge in [0.1, 0.15) is 0 Å². The molecule has 0 unspecified atom stereocenters. The van der Waals surface area contributed by atoms with E-state index in [1.807, 2.05) is 6.07 Å². The van der Waals surface area contributed by atoms with Crippen molar-refractivity contribution in [3.8, 4) is 0 Å². The molecule has 0 fully saturated rings. The highest BCUT2D eigenvalue weighted by Crippen LogP contribution is 2.41. The molecule has 0 spiro atoms. The number of rotatable bonds is 3. The molecular weight excluding hydrogens is 276 g/mol. The molecule has 6 heteroatoms. The molecule has 21 heavy (non-hydrogen) atoms. The molecule has 0 saturated heterocycles. The van der Waals surface area contributed by atoms with Crippen molar-refractivity contribution in [3.05, 3.63) is 28.8 Å². The Morgan fingerprint density at radius 1 is 1.52 bits per heavy atom. The number of carbonyl (C=O) groups is 1. The minimum atomic E-state index is -2.53. The van der Waals surface area contributed by atoms with Crippen molar-refractivity contribution < 1.29 is 13.6 Å². The van der Waals surface area contributed by atoms with Crippen molar-refractivity contribution in [2.75, 3.05) is 31.1 Å². The van der Waals surface area contributed by atoms with Crippen molar-refractivity contribution in [1.29, 1.82) is 0 Å². The van der Waals surface area contributed by atoms with Crippen LogP contribution in [0.1, 0.15) is 34.3 Å². The molecule has 1 aromatic rings. The summed E-state index contributed by atoms with van der Waals surface area (Å²) in [6.45, 7) is 4.96. The van der Waals surface area contributed by atoms with Gasteiger partial charge in [0.25, 0.3) is 12.3 Å². The van der Waals surface area contributed by atoms with Crippen LogP contribution in [0, 0.1) is 0 Å². The number of anilines is 1. The van der Waals surface area contributed by atoms with Crippen molar-refractivity contribution in [1.82, 2.24) is 10.6 Å². The summed E-state index contributed by atoms with van der Waals surface area (Å²) in [6.07, 6.45) is -2.53. The summed E-state index contributed by atoms with van der Waals surface area (Å²) in [7, 11) is 0. The number of hydrogen-bond acceptors (Lipinski definition) is 3. The Balaban J connectivity index is 1.97. The van der Waals surface area contributed by atoms with Crippen LogP contribution in [0.2, 0.25) is 0 Å². The zero-order chi connectivity index (χ0) is 15.0. The monoisotopic (exact) mass is 295 g/mol. The lowest BCUT2D eigenvalue weighted by atomic mass is 9.94. The second kappa shape index (κ2) is 5.60. The number of carbonyl (C=O) groups excluding carboxylic acids is 1. The Morgan fingerprint density at radius 3 is 3.10 bits per heavy atom. The number of nitrogens with one attached hydrogen (secondary N) is 2. The van der Waals surface area contributed by atoms with Crippen LogP contribution in [-0.2, 0) is 6.54 Å². The predicted octanol–water partition coefficient (Wildman–Crippen LogP) is 1.71. The van der Waals surface area contributed by atoms with Crippen LogP contribution in [0.3, 0.4) is 0 Å². The van der Waals surface area contributed by atoms with Crippen LogP contribution in [0.25, 0.3) is 0 Å². The Hall–Kier alpha value is -1.69. The van der Waals surface area contributed by atoms with Crippen LogP contribution >= 0.6 is 0 Å². The molecule has 1 atom stereocenters. The number of hydrogen-bond donors (Lipinski definition) is 2. The highest BCUT2D eigenvalue weighted by atomic mass is 19.3. The molecule has 1 aromatic carbocycles. The fraction of sp³-hybridized carbons (Fsp3) is 0.533. The van der Waals surface area contributed by atoms with Gasteiger partial charge in [0.15, 0.2) is 0 Å². The molecule has 4 nitrogen and oxygen atoms in total. The first-order chi connectivity index (χ1) is 10.1. The summed E-state index contributed by atoms with van der Waals surface area (Å²) >= 11 is 0. The van der Waals surface area contributed by atoms with Crippen LogP contribution in [-0.4, -0.2) is 38.5 Å². The van der Waals surface area contributed by atoms with E-state index in [1.165, 1.54) is 5.56 Å².